The van der Waals surface area contributed by atoms with Gasteiger partial charge in [0.05, 0.1) is 19.1 Å². The number of rotatable bonds is 8. The minimum Gasteiger partial charge on any atom is -0.469 e. The second kappa shape index (κ2) is 14.4. The van der Waals surface area contributed by atoms with E-state index >= 15 is 0 Å². The number of nitrogens with zero attached hydrogens (tertiary/aromatic N) is 2. The van der Waals surface area contributed by atoms with Crippen LogP contribution in [0, 0.1) is 5.92 Å². The number of hydrogen-bond acceptors (Lipinski definition) is 4. The molecule has 1 aliphatic heterocycles. The number of unbranched alkanes of at least 4 members (excludes halogenated alkanes) is 2. The molecule has 2 rings (SSSR count). The Morgan fingerprint density at radius 3 is 2.41 bits per heavy atom. The van der Waals surface area contributed by atoms with Crippen molar-refractivity contribution in [3.63, 3.8) is 0 Å². The van der Waals surface area contributed by atoms with Gasteiger partial charge in [-0.1, -0.05) is 19.3 Å². The highest BCUT2D eigenvalue weighted by Gasteiger charge is 2.26. The summed E-state index contributed by atoms with van der Waals surface area (Å²) < 4.78 is 10.8. The summed E-state index contributed by atoms with van der Waals surface area (Å²) in [6, 6.07) is 0. The summed E-state index contributed by atoms with van der Waals surface area (Å²) in [5.41, 5.74) is 0. The van der Waals surface area contributed by atoms with Gasteiger partial charge in [-0.25, -0.2) is 0 Å². The summed E-state index contributed by atoms with van der Waals surface area (Å²) in [5, 5.41) is 3.46. The van der Waals surface area contributed by atoms with E-state index in [0.29, 0.717) is 6.10 Å². The van der Waals surface area contributed by atoms with E-state index < -0.39 is 0 Å². The first-order valence-corrected chi connectivity index (χ1v) is 10.4. The molecule has 6 nitrogen and oxygen atoms in total. The fourth-order valence-electron chi connectivity index (χ4n) is 3.91. The zero-order chi connectivity index (χ0) is 18.6. The number of methoxy groups -OCH3 is 1. The van der Waals surface area contributed by atoms with Crippen LogP contribution in [0.2, 0.25) is 0 Å². The van der Waals surface area contributed by atoms with Crippen molar-refractivity contribution in [1.82, 2.24) is 10.2 Å². The molecule has 1 N–H and O–H groups in total. The molecular formula is C20H38IN3O3. The van der Waals surface area contributed by atoms with Crippen LogP contribution in [-0.2, 0) is 14.3 Å². The van der Waals surface area contributed by atoms with E-state index in [1.807, 2.05) is 7.05 Å². The lowest BCUT2D eigenvalue weighted by molar-refractivity contribution is -0.146. The van der Waals surface area contributed by atoms with E-state index in [4.69, 9.17) is 9.47 Å². The van der Waals surface area contributed by atoms with Crippen LogP contribution in [0.25, 0.3) is 0 Å². The largest absolute Gasteiger partial charge is 0.469 e. The molecule has 158 valence electrons. The van der Waals surface area contributed by atoms with Gasteiger partial charge in [-0.15, -0.1) is 24.0 Å². The standard InChI is InChI=1S/C20H37N3O3.HI/c1-21-20(23-14-11-17(12-15-23)19(24)25-2)22-13-7-4-8-16-26-18-9-5-3-6-10-18;/h17-18H,3-16H2,1-2H3,(H,21,22);1H. The average Bonchev–Trinajstić information content (AvgIpc) is 2.70. The normalized spacial score (nSPS) is 19.5. The number of ether oxygens (including phenoxy) is 2. The fraction of sp³-hybridized carbons (Fsp3) is 0.900. The molecular weight excluding hydrogens is 457 g/mol. The van der Waals surface area contributed by atoms with Crippen molar-refractivity contribution >= 4 is 35.9 Å². The van der Waals surface area contributed by atoms with Gasteiger partial charge >= 0.3 is 5.97 Å². The Morgan fingerprint density at radius 1 is 1.07 bits per heavy atom. The van der Waals surface area contributed by atoms with Crippen molar-refractivity contribution in [2.24, 2.45) is 10.9 Å². The Morgan fingerprint density at radius 2 is 1.78 bits per heavy atom. The van der Waals surface area contributed by atoms with Crippen molar-refractivity contribution in [2.45, 2.75) is 70.3 Å². The maximum Gasteiger partial charge on any atom is 0.308 e. The first-order chi connectivity index (χ1) is 12.7. The Kier molecular flexibility index (Phi) is 13.1. The van der Waals surface area contributed by atoms with Crippen LogP contribution < -0.4 is 5.32 Å². The molecule has 7 heteroatoms. The number of esters is 1. The van der Waals surface area contributed by atoms with E-state index in [-0.39, 0.29) is 35.9 Å². The van der Waals surface area contributed by atoms with E-state index in [0.717, 1.165) is 57.9 Å². The molecule has 2 aliphatic rings. The molecule has 0 aromatic carbocycles. The van der Waals surface area contributed by atoms with Crippen molar-refractivity contribution in [2.75, 3.05) is 40.4 Å². The Bertz CT molecular complexity index is 434. The van der Waals surface area contributed by atoms with Crippen LogP contribution >= 0.6 is 24.0 Å². The lowest BCUT2D eigenvalue weighted by atomic mass is 9.97. The third-order valence-corrected chi connectivity index (χ3v) is 5.55. The van der Waals surface area contributed by atoms with Crippen molar-refractivity contribution in [3.8, 4) is 0 Å². The molecule has 0 bridgehead atoms. The minimum absolute atomic E-state index is 0. The molecule has 1 saturated carbocycles. The number of nitrogens with one attached hydrogen (secondary N) is 1. The Labute approximate surface area is 181 Å². The quantitative estimate of drug-likeness (QED) is 0.183. The number of hydrogen-bond donors (Lipinski definition) is 1. The van der Waals surface area contributed by atoms with Gasteiger partial charge in [0, 0.05) is 33.3 Å². The smallest absolute Gasteiger partial charge is 0.308 e. The van der Waals surface area contributed by atoms with Gasteiger partial charge in [-0.2, -0.15) is 0 Å². The zero-order valence-electron chi connectivity index (χ0n) is 17.1. The van der Waals surface area contributed by atoms with Gasteiger partial charge in [0.1, 0.15) is 0 Å². The number of carbonyl (C=O) groups excluding carboxylic acids is 1. The zero-order valence-corrected chi connectivity index (χ0v) is 19.4. The van der Waals surface area contributed by atoms with Gasteiger partial charge in [-0.05, 0) is 44.9 Å². The van der Waals surface area contributed by atoms with Crippen LogP contribution in [0.5, 0.6) is 0 Å². The van der Waals surface area contributed by atoms with E-state index in [1.165, 1.54) is 45.6 Å². The monoisotopic (exact) mass is 495 g/mol. The molecule has 0 aromatic heterocycles. The van der Waals surface area contributed by atoms with Crippen molar-refractivity contribution in [1.29, 1.82) is 0 Å². The van der Waals surface area contributed by atoms with Crippen LogP contribution in [0.3, 0.4) is 0 Å². The number of guanidine groups is 1. The predicted molar refractivity (Wildman–Crippen MR) is 120 cm³/mol. The Balaban J connectivity index is 0.00000364. The number of piperidine rings is 1. The number of halogens is 1. The predicted octanol–water partition coefficient (Wildman–Crippen LogP) is 3.58. The van der Waals surface area contributed by atoms with Crippen molar-refractivity contribution < 1.29 is 14.3 Å². The van der Waals surface area contributed by atoms with Gasteiger partial charge in [0.15, 0.2) is 5.96 Å². The van der Waals surface area contributed by atoms with Crippen molar-refractivity contribution in [3.05, 3.63) is 0 Å². The first-order valence-electron chi connectivity index (χ1n) is 10.4. The van der Waals surface area contributed by atoms with Crippen LogP contribution in [0.1, 0.15) is 64.2 Å². The van der Waals surface area contributed by atoms with Crippen LogP contribution in [0.4, 0.5) is 0 Å². The molecule has 0 radical (unpaired) electrons. The highest BCUT2D eigenvalue weighted by atomic mass is 127. The highest BCUT2D eigenvalue weighted by molar-refractivity contribution is 14.0. The third kappa shape index (κ3) is 8.98. The summed E-state index contributed by atoms with van der Waals surface area (Å²) >= 11 is 0. The summed E-state index contributed by atoms with van der Waals surface area (Å²) in [5.74, 6) is 0.910. The van der Waals surface area contributed by atoms with Gasteiger partial charge in [-0.3, -0.25) is 9.79 Å². The SMILES string of the molecule is CN=C(NCCCCCOC1CCCCC1)N1CCC(C(=O)OC)CC1.I. The molecule has 0 spiro atoms. The van der Waals surface area contributed by atoms with Crippen LogP contribution in [0.15, 0.2) is 4.99 Å². The summed E-state index contributed by atoms with van der Waals surface area (Å²) in [7, 11) is 3.29. The molecule has 0 aromatic rings. The summed E-state index contributed by atoms with van der Waals surface area (Å²) in [6.07, 6.45) is 12.2. The van der Waals surface area contributed by atoms with Gasteiger partial charge < -0.3 is 19.7 Å². The molecule has 0 unspecified atom stereocenters. The number of likely N-dealkylation sites (tertiary alicyclic amines) is 1. The van der Waals surface area contributed by atoms with E-state index in [1.54, 1.807) is 0 Å². The maximum atomic E-state index is 11.6. The number of aliphatic imine (C=N–C) groups is 1. The molecule has 1 aliphatic carbocycles. The summed E-state index contributed by atoms with van der Waals surface area (Å²) in [6.45, 7) is 3.55. The van der Waals surface area contributed by atoms with Crippen LogP contribution in [-0.4, -0.2) is 63.3 Å². The lowest BCUT2D eigenvalue weighted by Crippen LogP contribution is -2.46. The third-order valence-electron chi connectivity index (χ3n) is 5.55. The highest BCUT2D eigenvalue weighted by Crippen LogP contribution is 2.20. The van der Waals surface area contributed by atoms with Gasteiger partial charge in [0.25, 0.3) is 0 Å². The molecule has 2 fully saturated rings. The van der Waals surface area contributed by atoms with E-state index in [2.05, 4.69) is 15.2 Å². The van der Waals surface area contributed by atoms with Gasteiger partial charge in [0.2, 0.25) is 0 Å². The average molecular weight is 495 g/mol. The molecule has 0 amide bonds. The number of carbonyl (C=O) groups is 1. The molecule has 27 heavy (non-hydrogen) atoms. The molecule has 1 saturated heterocycles. The summed E-state index contributed by atoms with van der Waals surface area (Å²) in [4.78, 5) is 18.2. The fourth-order valence-corrected chi connectivity index (χ4v) is 3.91. The minimum atomic E-state index is -0.0805. The lowest BCUT2D eigenvalue weighted by Gasteiger charge is -2.33. The van der Waals surface area contributed by atoms with E-state index in [9.17, 15) is 4.79 Å². The second-order valence-electron chi connectivity index (χ2n) is 7.45. The topological polar surface area (TPSA) is 63.2 Å². The maximum absolute atomic E-state index is 11.6. The molecule has 0 atom stereocenters. The Hall–Kier alpha value is -0.570. The second-order valence-corrected chi connectivity index (χ2v) is 7.45. The first kappa shape index (κ1) is 24.5. The molecule has 1 heterocycles.